The third-order valence-electron chi connectivity index (χ3n) is 2.27. The molecule has 0 aliphatic rings. The van der Waals surface area contributed by atoms with Crippen molar-refractivity contribution in [3.05, 3.63) is 60.7 Å². The molecule has 0 nitrogen and oxygen atoms in total. The quantitative estimate of drug-likeness (QED) is 0.585. The van der Waals surface area contributed by atoms with Gasteiger partial charge in [0.2, 0.25) is 0 Å². The SMILES string of the molecule is Cl[PH](Cl)(c1ccccc1)c1ccccc1.[Ni]. The zero-order chi connectivity index (χ0) is 10.7. The van der Waals surface area contributed by atoms with E-state index in [0.29, 0.717) is 0 Å². The first kappa shape index (κ1) is 14.0. The average molecular weight is 316 g/mol. The molecule has 2 rings (SSSR count). The molecule has 0 aliphatic heterocycles. The summed E-state index contributed by atoms with van der Waals surface area (Å²) >= 11 is 13.0. The summed E-state index contributed by atoms with van der Waals surface area (Å²) in [5, 5.41) is 2.05. The molecule has 0 atom stereocenters. The van der Waals surface area contributed by atoms with E-state index in [4.69, 9.17) is 22.5 Å². The van der Waals surface area contributed by atoms with Crippen LogP contribution in [-0.2, 0) is 16.5 Å². The Morgan fingerprint density at radius 1 is 0.625 bits per heavy atom. The molecule has 2 aromatic carbocycles. The number of halogens is 2. The zero-order valence-electron chi connectivity index (χ0n) is 8.35. The molecule has 0 aliphatic carbocycles. The van der Waals surface area contributed by atoms with E-state index in [0.717, 1.165) is 10.6 Å². The normalized spacial score (nSPS) is 11.6. The fourth-order valence-electron chi connectivity index (χ4n) is 1.46. The van der Waals surface area contributed by atoms with Crippen molar-refractivity contribution in [1.82, 2.24) is 0 Å². The third kappa shape index (κ3) is 2.99. The molecular formula is C12H11Cl2NiP. The zero-order valence-corrected chi connectivity index (χ0v) is 11.8. The van der Waals surface area contributed by atoms with Crippen LogP contribution in [0.5, 0.6) is 0 Å². The molecule has 0 saturated heterocycles. The van der Waals surface area contributed by atoms with Crippen LogP contribution >= 0.6 is 28.4 Å². The van der Waals surface area contributed by atoms with E-state index in [1.165, 1.54) is 0 Å². The number of benzene rings is 2. The van der Waals surface area contributed by atoms with Gasteiger partial charge in [0.15, 0.2) is 0 Å². The maximum atomic E-state index is 6.49. The molecule has 4 heteroatoms. The van der Waals surface area contributed by atoms with Crippen LogP contribution in [-0.4, -0.2) is 0 Å². The molecule has 0 bridgehead atoms. The monoisotopic (exact) mass is 314 g/mol. The molecule has 0 aromatic heterocycles. The van der Waals surface area contributed by atoms with Crippen molar-refractivity contribution < 1.29 is 16.5 Å². The maximum absolute atomic E-state index is 6.49. The first-order chi connectivity index (χ1) is 7.21. The smallest absolute Gasteiger partial charge is 0 e. The molecule has 0 fully saturated rings. The van der Waals surface area contributed by atoms with Crippen LogP contribution in [0.15, 0.2) is 60.7 Å². The molecular weight excluding hydrogens is 305 g/mol. The summed E-state index contributed by atoms with van der Waals surface area (Å²) in [5.41, 5.74) is 0. The van der Waals surface area contributed by atoms with Gasteiger partial charge in [-0.3, -0.25) is 0 Å². The minimum absolute atomic E-state index is 0. The van der Waals surface area contributed by atoms with Gasteiger partial charge < -0.3 is 0 Å². The Morgan fingerprint density at radius 3 is 1.25 bits per heavy atom. The fourth-order valence-corrected chi connectivity index (χ4v) is 4.53. The van der Waals surface area contributed by atoms with Crippen molar-refractivity contribution in [3.63, 3.8) is 0 Å². The van der Waals surface area contributed by atoms with Crippen LogP contribution in [0.3, 0.4) is 0 Å². The van der Waals surface area contributed by atoms with Gasteiger partial charge in [0.05, 0.1) is 0 Å². The Morgan fingerprint density at radius 2 is 0.938 bits per heavy atom. The summed E-state index contributed by atoms with van der Waals surface area (Å²) in [5.74, 6) is -2.51. The number of hydrogen-bond acceptors (Lipinski definition) is 0. The predicted molar refractivity (Wildman–Crippen MR) is 72.2 cm³/mol. The van der Waals surface area contributed by atoms with Crippen molar-refractivity contribution in [3.8, 4) is 0 Å². The second kappa shape index (κ2) is 6.03. The minimum Gasteiger partial charge on any atom is 0 e. The van der Waals surface area contributed by atoms with Crippen LogP contribution in [0.25, 0.3) is 0 Å². The Bertz CT molecular complexity index is 390. The van der Waals surface area contributed by atoms with E-state index in [2.05, 4.69) is 0 Å². The average Bonchev–Trinajstić information content (AvgIpc) is 2.31. The van der Waals surface area contributed by atoms with Gasteiger partial charge in [0.25, 0.3) is 0 Å². The molecule has 0 saturated carbocycles. The fraction of sp³-hybridized carbons (Fsp3) is 0. The summed E-state index contributed by atoms with van der Waals surface area (Å²) in [6, 6.07) is 19.7. The Hall–Kier alpha value is -0.0565. The second-order valence-corrected chi connectivity index (χ2v) is 9.59. The number of hydrogen-bond donors (Lipinski definition) is 0. The van der Waals surface area contributed by atoms with Crippen molar-refractivity contribution in [2.45, 2.75) is 0 Å². The van der Waals surface area contributed by atoms with E-state index in [-0.39, 0.29) is 16.5 Å². The summed E-state index contributed by atoms with van der Waals surface area (Å²) in [4.78, 5) is 0. The third-order valence-corrected chi connectivity index (χ3v) is 7.01. The van der Waals surface area contributed by atoms with Crippen LogP contribution in [0.1, 0.15) is 0 Å². The van der Waals surface area contributed by atoms with E-state index in [9.17, 15) is 0 Å². The summed E-state index contributed by atoms with van der Waals surface area (Å²) in [6.45, 7) is 0. The largest absolute Gasteiger partial charge is 0 e. The molecule has 0 heterocycles. The van der Waals surface area contributed by atoms with Crippen LogP contribution in [0, 0.1) is 0 Å². The van der Waals surface area contributed by atoms with Crippen molar-refractivity contribution in [1.29, 1.82) is 0 Å². The van der Waals surface area contributed by atoms with Gasteiger partial charge >= 0.3 is 99.7 Å². The van der Waals surface area contributed by atoms with Crippen LogP contribution < -0.4 is 10.6 Å². The van der Waals surface area contributed by atoms with Crippen LogP contribution in [0.4, 0.5) is 0 Å². The van der Waals surface area contributed by atoms with Crippen molar-refractivity contribution in [2.75, 3.05) is 0 Å². The molecule has 16 heavy (non-hydrogen) atoms. The van der Waals surface area contributed by atoms with Gasteiger partial charge in [-0.15, -0.1) is 0 Å². The van der Waals surface area contributed by atoms with Crippen molar-refractivity contribution in [2.24, 2.45) is 0 Å². The molecule has 0 amide bonds. The van der Waals surface area contributed by atoms with Gasteiger partial charge in [-0.25, -0.2) is 0 Å². The molecule has 2 aromatic rings. The Kier molecular flexibility index (Phi) is 5.28. The van der Waals surface area contributed by atoms with Gasteiger partial charge in [0.1, 0.15) is 0 Å². The van der Waals surface area contributed by atoms with Gasteiger partial charge in [0, 0.05) is 16.5 Å². The molecule has 0 N–H and O–H groups in total. The topological polar surface area (TPSA) is 0 Å². The molecule has 88 valence electrons. The van der Waals surface area contributed by atoms with E-state index >= 15 is 0 Å². The molecule has 0 unspecified atom stereocenters. The first-order valence-electron chi connectivity index (χ1n) is 4.70. The molecule has 0 radical (unpaired) electrons. The Labute approximate surface area is 116 Å². The summed E-state index contributed by atoms with van der Waals surface area (Å²) in [7, 11) is 0. The van der Waals surface area contributed by atoms with Gasteiger partial charge in [-0.1, -0.05) is 0 Å². The van der Waals surface area contributed by atoms with E-state index < -0.39 is 5.97 Å². The minimum atomic E-state index is -2.51. The first-order valence-corrected chi connectivity index (χ1v) is 8.72. The Balaban J connectivity index is 0.00000128. The standard InChI is InChI=1S/C12H11Cl2P.Ni/c13-15(14,11-7-3-1-4-8-11)12-9-5-2-6-10-12;/h1-10,15H;. The van der Waals surface area contributed by atoms with E-state index in [1.54, 1.807) is 0 Å². The second-order valence-electron chi connectivity index (χ2n) is 3.31. The number of rotatable bonds is 2. The van der Waals surface area contributed by atoms with Gasteiger partial charge in [-0.2, -0.15) is 0 Å². The van der Waals surface area contributed by atoms with E-state index in [1.807, 2.05) is 60.7 Å². The summed E-state index contributed by atoms with van der Waals surface area (Å²) < 4.78 is 0. The predicted octanol–water partition coefficient (Wildman–Crippen LogP) is 3.69. The maximum Gasteiger partial charge on any atom is 0 e. The summed E-state index contributed by atoms with van der Waals surface area (Å²) in [6.07, 6.45) is 0. The van der Waals surface area contributed by atoms with Gasteiger partial charge in [-0.05, 0) is 0 Å². The van der Waals surface area contributed by atoms with Crippen LogP contribution in [0.2, 0.25) is 0 Å². The molecule has 0 spiro atoms. The van der Waals surface area contributed by atoms with Crippen molar-refractivity contribution >= 4 is 39.1 Å².